The van der Waals surface area contributed by atoms with Crippen LogP contribution in [0.1, 0.15) is 19.4 Å². The third kappa shape index (κ3) is 8.44. The molecule has 0 saturated carbocycles. The molecule has 0 amide bonds. The Balaban J connectivity index is 1.49. The Morgan fingerprint density at radius 3 is 2.23 bits per heavy atom. The normalized spacial score (nSPS) is 12.9. The van der Waals surface area contributed by atoms with Crippen molar-refractivity contribution in [3.05, 3.63) is 82.3 Å². The Kier molecular flexibility index (Phi) is 9.81. The minimum absolute atomic E-state index is 0.0206. The molecule has 0 aliphatic rings. The zero-order valence-electron chi connectivity index (χ0n) is 19.5. The van der Waals surface area contributed by atoms with E-state index in [9.17, 15) is 15.0 Å². The molecule has 186 valence electrons. The molecule has 6 nitrogen and oxygen atoms in total. The molecule has 0 heterocycles. The predicted octanol–water partition coefficient (Wildman–Crippen LogP) is 5.90. The zero-order valence-corrected chi connectivity index (χ0v) is 21.0. The van der Waals surface area contributed by atoms with E-state index in [2.05, 4.69) is 0 Å². The molecule has 0 fully saturated rings. The maximum atomic E-state index is 11.4. The van der Waals surface area contributed by atoms with Gasteiger partial charge in [-0.1, -0.05) is 53.5 Å². The number of carbonyl (C=O) groups is 1. The smallest absolute Gasteiger partial charge is 0.333 e. The lowest BCUT2D eigenvalue weighted by molar-refractivity contribution is -0.153. The number of aliphatic carboxylic acids is 1. The lowest BCUT2D eigenvalue weighted by Gasteiger charge is -2.17. The first-order chi connectivity index (χ1) is 16.7. The first kappa shape index (κ1) is 26.8. The van der Waals surface area contributed by atoms with Gasteiger partial charge in [0.05, 0.1) is 6.10 Å². The van der Waals surface area contributed by atoms with Gasteiger partial charge in [-0.05, 0) is 61.4 Å². The molecule has 3 aromatic carbocycles. The molecule has 0 saturated heterocycles. The molecule has 2 unspecified atom stereocenters. The van der Waals surface area contributed by atoms with Crippen molar-refractivity contribution in [3.8, 4) is 22.6 Å². The molecule has 2 atom stereocenters. The number of hydrogen-bond donors (Lipinski definition) is 2. The Bertz CT molecular complexity index is 1120. The van der Waals surface area contributed by atoms with Crippen LogP contribution >= 0.6 is 23.2 Å². The maximum Gasteiger partial charge on any atom is 0.333 e. The van der Waals surface area contributed by atoms with E-state index < -0.39 is 18.2 Å². The highest BCUT2D eigenvalue weighted by Crippen LogP contribution is 2.31. The quantitative estimate of drug-likeness (QED) is 0.310. The van der Waals surface area contributed by atoms with E-state index in [1.165, 1.54) is 0 Å². The van der Waals surface area contributed by atoms with Gasteiger partial charge in [-0.2, -0.15) is 0 Å². The summed E-state index contributed by atoms with van der Waals surface area (Å²) in [6, 6.07) is 19.8. The second kappa shape index (κ2) is 12.8. The molecule has 0 aromatic heterocycles. The van der Waals surface area contributed by atoms with Crippen molar-refractivity contribution in [1.29, 1.82) is 0 Å². The maximum absolute atomic E-state index is 11.4. The minimum atomic E-state index is -1.01. The predicted molar refractivity (Wildman–Crippen MR) is 137 cm³/mol. The molecule has 3 aromatic rings. The summed E-state index contributed by atoms with van der Waals surface area (Å²) in [5, 5.41) is 20.8. The molecule has 0 aliphatic heterocycles. The average Bonchev–Trinajstić information content (AvgIpc) is 2.81. The molecule has 0 spiro atoms. The van der Waals surface area contributed by atoms with E-state index in [-0.39, 0.29) is 25.7 Å². The van der Waals surface area contributed by atoms with E-state index in [0.717, 1.165) is 16.7 Å². The second-order valence-corrected chi connectivity index (χ2v) is 9.13. The number of rotatable bonds is 12. The zero-order chi connectivity index (χ0) is 25.4. The van der Waals surface area contributed by atoms with Gasteiger partial charge in [0.1, 0.15) is 30.8 Å². The van der Waals surface area contributed by atoms with Crippen molar-refractivity contribution in [2.45, 2.75) is 38.6 Å². The first-order valence-electron chi connectivity index (χ1n) is 11.2. The number of aliphatic hydroxyl groups is 1. The van der Waals surface area contributed by atoms with Crippen LogP contribution < -0.4 is 9.47 Å². The van der Waals surface area contributed by atoms with Gasteiger partial charge < -0.3 is 24.4 Å². The van der Waals surface area contributed by atoms with Gasteiger partial charge in [0, 0.05) is 22.0 Å². The number of hydrogen-bond acceptors (Lipinski definition) is 5. The van der Waals surface area contributed by atoms with E-state index in [1.54, 1.807) is 56.3 Å². The molecular weight excluding hydrogens is 491 g/mol. The molecule has 8 heteroatoms. The standard InChI is InChI=1S/C27H28Cl2O6/c1-17(2)35-26(27(31)32)13-18-4-3-5-23(12-18)34-16-21(30)15-33-22-9-6-19(7-10-22)24-11-8-20(28)14-25(24)29/h3-12,14,17,21,26,30H,13,15-16H2,1-2H3,(H,31,32). The van der Waals surface area contributed by atoms with Crippen LogP contribution in [0.4, 0.5) is 0 Å². The molecule has 3 rings (SSSR count). The van der Waals surface area contributed by atoms with Crippen LogP contribution in [0.3, 0.4) is 0 Å². The third-order valence-corrected chi connectivity index (χ3v) is 5.56. The summed E-state index contributed by atoms with van der Waals surface area (Å²) in [6.07, 6.45) is -1.78. The number of carboxylic acid groups (broad SMARTS) is 1. The summed E-state index contributed by atoms with van der Waals surface area (Å²) in [5.74, 6) is 0.117. The average molecular weight is 519 g/mol. The fraction of sp³-hybridized carbons (Fsp3) is 0.296. The summed E-state index contributed by atoms with van der Waals surface area (Å²) in [5.41, 5.74) is 2.55. The topological polar surface area (TPSA) is 85.2 Å². The lowest BCUT2D eigenvalue weighted by atomic mass is 10.1. The summed E-state index contributed by atoms with van der Waals surface area (Å²) >= 11 is 12.2. The van der Waals surface area contributed by atoms with Crippen LogP contribution in [0.15, 0.2) is 66.7 Å². The molecule has 0 bridgehead atoms. The molecule has 35 heavy (non-hydrogen) atoms. The number of ether oxygens (including phenoxy) is 3. The SMILES string of the molecule is CC(C)OC(Cc1cccc(OCC(O)COc2ccc(-c3ccc(Cl)cc3Cl)cc2)c1)C(=O)O. The van der Waals surface area contributed by atoms with Crippen molar-refractivity contribution in [1.82, 2.24) is 0 Å². The van der Waals surface area contributed by atoms with E-state index >= 15 is 0 Å². The summed E-state index contributed by atoms with van der Waals surface area (Å²) in [6.45, 7) is 3.65. The van der Waals surface area contributed by atoms with Crippen molar-refractivity contribution in [2.24, 2.45) is 0 Å². The Morgan fingerprint density at radius 1 is 0.914 bits per heavy atom. The molecule has 2 N–H and O–H groups in total. The van der Waals surface area contributed by atoms with Gasteiger partial charge in [-0.25, -0.2) is 4.79 Å². The second-order valence-electron chi connectivity index (χ2n) is 8.29. The van der Waals surface area contributed by atoms with Gasteiger partial charge in [-0.15, -0.1) is 0 Å². The summed E-state index contributed by atoms with van der Waals surface area (Å²) in [4.78, 5) is 11.4. The summed E-state index contributed by atoms with van der Waals surface area (Å²) < 4.78 is 16.8. The van der Waals surface area contributed by atoms with Crippen molar-refractivity contribution < 1.29 is 29.2 Å². The number of carboxylic acids is 1. The third-order valence-electron chi connectivity index (χ3n) is 5.01. The van der Waals surface area contributed by atoms with E-state index in [1.807, 2.05) is 24.3 Å². The van der Waals surface area contributed by atoms with Gasteiger partial charge in [0.2, 0.25) is 0 Å². The fourth-order valence-electron chi connectivity index (χ4n) is 3.39. The van der Waals surface area contributed by atoms with Crippen molar-refractivity contribution >= 4 is 29.2 Å². The van der Waals surface area contributed by atoms with Crippen LogP contribution in [-0.4, -0.2) is 47.7 Å². The highest BCUT2D eigenvalue weighted by atomic mass is 35.5. The number of aliphatic hydroxyl groups excluding tert-OH is 1. The van der Waals surface area contributed by atoms with Crippen LogP contribution in [-0.2, 0) is 16.0 Å². The molecule has 0 radical (unpaired) electrons. The minimum Gasteiger partial charge on any atom is -0.491 e. The summed E-state index contributed by atoms with van der Waals surface area (Å²) in [7, 11) is 0. The van der Waals surface area contributed by atoms with E-state index in [4.69, 9.17) is 37.4 Å². The first-order valence-corrected chi connectivity index (χ1v) is 11.9. The van der Waals surface area contributed by atoms with Crippen LogP contribution in [0, 0.1) is 0 Å². The molecular formula is C27H28Cl2O6. The highest BCUT2D eigenvalue weighted by Gasteiger charge is 2.20. The van der Waals surface area contributed by atoms with Gasteiger partial charge >= 0.3 is 5.97 Å². The van der Waals surface area contributed by atoms with Crippen LogP contribution in [0.25, 0.3) is 11.1 Å². The van der Waals surface area contributed by atoms with Gasteiger partial charge in [0.15, 0.2) is 6.10 Å². The van der Waals surface area contributed by atoms with Gasteiger partial charge in [0.25, 0.3) is 0 Å². The van der Waals surface area contributed by atoms with Crippen LogP contribution in [0.5, 0.6) is 11.5 Å². The number of benzene rings is 3. The fourth-order valence-corrected chi connectivity index (χ4v) is 3.90. The Morgan fingerprint density at radius 2 is 1.60 bits per heavy atom. The Hall–Kier alpha value is -2.77. The molecule has 0 aliphatic carbocycles. The van der Waals surface area contributed by atoms with Crippen molar-refractivity contribution in [2.75, 3.05) is 13.2 Å². The van der Waals surface area contributed by atoms with Crippen molar-refractivity contribution in [3.63, 3.8) is 0 Å². The monoisotopic (exact) mass is 518 g/mol. The Labute approximate surface area is 215 Å². The van der Waals surface area contributed by atoms with Gasteiger partial charge in [-0.3, -0.25) is 0 Å². The number of halogens is 2. The van der Waals surface area contributed by atoms with Crippen LogP contribution in [0.2, 0.25) is 10.0 Å². The largest absolute Gasteiger partial charge is 0.491 e. The van der Waals surface area contributed by atoms with E-state index in [0.29, 0.717) is 21.5 Å². The lowest BCUT2D eigenvalue weighted by Crippen LogP contribution is -2.29. The highest BCUT2D eigenvalue weighted by molar-refractivity contribution is 6.36.